The quantitative estimate of drug-likeness (QED) is 0.452. The van der Waals surface area contributed by atoms with Gasteiger partial charge in [0.1, 0.15) is 0 Å². The van der Waals surface area contributed by atoms with Gasteiger partial charge in [-0.15, -0.1) is 0 Å². The van der Waals surface area contributed by atoms with E-state index >= 15 is 0 Å². The third-order valence-electron chi connectivity index (χ3n) is 1.34. The number of nitrogens with one attached hydrogen (secondary N) is 1. The molecule has 0 bridgehead atoms. The Balaban J connectivity index is 3.04. The Labute approximate surface area is 73.9 Å². The van der Waals surface area contributed by atoms with Crippen molar-refractivity contribution in [3.63, 3.8) is 0 Å². The Hall–Kier alpha value is -0.290. The second-order valence-electron chi connectivity index (χ2n) is 2.11. The predicted octanol–water partition coefficient (Wildman–Crippen LogP) is 1.89. The second kappa shape index (κ2) is 3.21. The lowest BCUT2D eigenvalue weighted by Gasteiger charge is -2.01. The van der Waals surface area contributed by atoms with Gasteiger partial charge >= 0.3 is 0 Å². The first-order chi connectivity index (χ1) is 4.74. The van der Waals surface area contributed by atoms with E-state index in [0.29, 0.717) is 0 Å². The van der Waals surface area contributed by atoms with E-state index in [1.54, 1.807) is 0 Å². The Morgan fingerprint density at radius 2 is 2.20 bits per heavy atom. The molecule has 3 heteroatoms. The van der Waals surface area contributed by atoms with Crippen molar-refractivity contribution in [1.82, 2.24) is 0 Å². The lowest BCUT2D eigenvalue weighted by atomic mass is 10.2. The third kappa shape index (κ3) is 1.60. The molecule has 2 nitrogen and oxygen atoms in total. The van der Waals surface area contributed by atoms with E-state index in [1.807, 2.05) is 18.2 Å². The number of halogens is 1. The summed E-state index contributed by atoms with van der Waals surface area (Å²) in [6, 6.07) is 6.00. The largest absolute Gasteiger partial charge is 0.324 e. The molecule has 0 spiro atoms. The van der Waals surface area contributed by atoms with Crippen LogP contribution in [0.4, 0.5) is 5.69 Å². The molecule has 0 radical (unpaired) electrons. The highest BCUT2D eigenvalue weighted by molar-refractivity contribution is 14.1. The van der Waals surface area contributed by atoms with E-state index in [-0.39, 0.29) is 0 Å². The molecule has 54 valence electrons. The van der Waals surface area contributed by atoms with Crippen molar-refractivity contribution in [3.8, 4) is 0 Å². The third-order valence-corrected chi connectivity index (χ3v) is 2.50. The van der Waals surface area contributed by atoms with Gasteiger partial charge in [0.05, 0.1) is 0 Å². The molecule has 0 atom stereocenters. The topological polar surface area (TPSA) is 38.0 Å². The fourth-order valence-corrected chi connectivity index (χ4v) is 1.20. The molecule has 0 saturated carbocycles. The van der Waals surface area contributed by atoms with Crippen LogP contribution in [0.1, 0.15) is 5.56 Å². The number of benzene rings is 1. The van der Waals surface area contributed by atoms with Crippen LogP contribution in [-0.2, 0) is 0 Å². The number of hydrogen-bond donors (Lipinski definition) is 2. The van der Waals surface area contributed by atoms with Gasteiger partial charge in [-0.05, 0) is 47.2 Å². The van der Waals surface area contributed by atoms with Gasteiger partial charge in [0.15, 0.2) is 0 Å². The highest BCUT2D eigenvalue weighted by Gasteiger charge is 1.93. The van der Waals surface area contributed by atoms with Crippen molar-refractivity contribution >= 4 is 28.3 Å². The molecule has 0 heterocycles. The molecule has 3 N–H and O–H groups in total. The normalized spacial score (nSPS) is 9.50. The van der Waals surface area contributed by atoms with Crippen molar-refractivity contribution in [1.29, 1.82) is 0 Å². The van der Waals surface area contributed by atoms with Crippen LogP contribution < -0.4 is 11.3 Å². The number of rotatable bonds is 1. The first kappa shape index (κ1) is 7.81. The average molecular weight is 248 g/mol. The fourth-order valence-electron chi connectivity index (χ4n) is 0.683. The minimum absolute atomic E-state index is 0.954. The van der Waals surface area contributed by atoms with Crippen molar-refractivity contribution in [3.05, 3.63) is 27.3 Å². The summed E-state index contributed by atoms with van der Waals surface area (Å²) in [5.41, 5.74) is 4.82. The number of nitrogens with two attached hydrogens (primary N) is 1. The average Bonchev–Trinajstić information content (AvgIpc) is 1.95. The molecule has 0 saturated heterocycles. The predicted molar refractivity (Wildman–Crippen MR) is 51.7 cm³/mol. The summed E-state index contributed by atoms with van der Waals surface area (Å²) in [6.07, 6.45) is 0. The maximum Gasteiger partial charge on any atom is 0.0495 e. The molecular weight excluding hydrogens is 239 g/mol. The van der Waals surface area contributed by atoms with Crippen LogP contribution in [0.5, 0.6) is 0 Å². The van der Waals surface area contributed by atoms with E-state index < -0.39 is 0 Å². The van der Waals surface area contributed by atoms with Crippen molar-refractivity contribution < 1.29 is 0 Å². The lowest BCUT2D eigenvalue weighted by Crippen LogP contribution is -2.06. The van der Waals surface area contributed by atoms with Crippen LogP contribution in [-0.4, -0.2) is 0 Å². The second-order valence-corrected chi connectivity index (χ2v) is 3.27. The first-order valence-electron chi connectivity index (χ1n) is 2.97. The van der Waals surface area contributed by atoms with Crippen LogP contribution in [0.15, 0.2) is 18.2 Å². The molecular formula is C7H9IN2. The van der Waals surface area contributed by atoms with Gasteiger partial charge in [-0.3, -0.25) is 5.84 Å². The lowest BCUT2D eigenvalue weighted by molar-refractivity contribution is 1.33. The zero-order chi connectivity index (χ0) is 7.56. The van der Waals surface area contributed by atoms with Gasteiger partial charge in [0.25, 0.3) is 0 Å². The van der Waals surface area contributed by atoms with Gasteiger partial charge in [0, 0.05) is 9.26 Å². The van der Waals surface area contributed by atoms with Gasteiger partial charge < -0.3 is 5.43 Å². The summed E-state index contributed by atoms with van der Waals surface area (Å²) in [5, 5.41) is 0. The number of aryl methyl sites for hydroxylation is 1. The van der Waals surface area contributed by atoms with Crippen LogP contribution in [0, 0.1) is 10.5 Å². The van der Waals surface area contributed by atoms with Gasteiger partial charge in [-0.1, -0.05) is 6.07 Å². The van der Waals surface area contributed by atoms with Gasteiger partial charge in [-0.2, -0.15) is 0 Å². The summed E-state index contributed by atoms with van der Waals surface area (Å²) in [7, 11) is 0. The van der Waals surface area contributed by atoms with E-state index in [2.05, 4.69) is 34.9 Å². The fraction of sp³-hybridized carbons (Fsp3) is 0.143. The molecule has 0 aliphatic carbocycles. The number of hydrogen-bond acceptors (Lipinski definition) is 2. The molecule has 0 aliphatic heterocycles. The van der Waals surface area contributed by atoms with Gasteiger partial charge in [0.2, 0.25) is 0 Å². The van der Waals surface area contributed by atoms with Crippen molar-refractivity contribution in [2.75, 3.05) is 5.43 Å². The zero-order valence-corrected chi connectivity index (χ0v) is 7.84. The molecule has 1 aromatic rings. The minimum atomic E-state index is 0.954. The maximum absolute atomic E-state index is 5.22. The highest BCUT2D eigenvalue weighted by Crippen LogP contribution is 2.15. The number of nitrogen functional groups attached to an aromatic ring is 1. The number of anilines is 1. The van der Waals surface area contributed by atoms with Gasteiger partial charge in [-0.25, -0.2) is 0 Å². The summed E-state index contributed by atoms with van der Waals surface area (Å²) in [6.45, 7) is 2.07. The molecule has 0 fully saturated rings. The van der Waals surface area contributed by atoms with Crippen molar-refractivity contribution in [2.45, 2.75) is 6.92 Å². The summed E-state index contributed by atoms with van der Waals surface area (Å²) < 4.78 is 1.23. The maximum atomic E-state index is 5.22. The number of hydrazine groups is 1. The zero-order valence-electron chi connectivity index (χ0n) is 5.69. The van der Waals surface area contributed by atoms with E-state index in [9.17, 15) is 0 Å². The van der Waals surface area contributed by atoms with Crippen molar-refractivity contribution in [2.24, 2.45) is 5.84 Å². The molecule has 0 aliphatic rings. The Morgan fingerprint density at radius 3 is 2.70 bits per heavy atom. The van der Waals surface area contributed by atoms with Crippen LogP contribution >= 0.6 is 22.6 Å². The first-order valence-corrected chi connectivity index (χ1v) is 4.04. The minimum Gasteiger partial charge on any atom is -0.324 e. The molecule has 1 aromatic carbocycles. The molecule has 0 unspecified atom stereocenters. The Kier molecular flexibility index (Phi) is 2.50. The van der Waals surface area contributed by atoms with E-state index in [1.165, 1.54) is 9.13 Å². The Morgan fingerprint density at radius 1 is 1.50 bits per heavy atom. The molecule has 10 heavy (non-hydrogen) atoms. The van der Waals surface area contributed by atoms with Crippen LogP contribution in [0.3, 0.4) is 0 Å². The Bertz CT molecular complexity index is 235. The SMILES string of the molecule is Cc1ccc(NN)cc1I. The van der Waals surface area contributed by atoms with E-state index in [0.717, 1.165) is 5.69 Å². The molecule has 0 aromatic heterocycles. The standard InChI is InChI=1S/C7H9IN2/c1-5-2-3-6(10-9)4-7(5)8/h2-4,10H,9H2,1H3. The smallest absolute Gasteiger partial charge is 0.0495 e. The summed E-state index contributed by atoms with van der Waals surface area (Å²) >= 11 is 2.28. The van der Waals surface area contributed by atoms with Crippen LogP contribution in [0.2, 0.25) is 0 Å². The monoisotopic (exact) mass is 248 g/mol. The van der Waals surface area contributed by atoms with Crippen LogP contribution in [0.25, 0.3) is 0 Å². The summed E-state index contributed by atoms with van der Waals surface area (Å²) in [4.78, 5) is 0. The highest BCUT2D eigenvalue weighted by atomic mass is 127. The van der Waals surface area contributed by atoms with E-state index in [4.69, 9.17) is 5.84 Å². The molecule has 1 rings (SSSR count). The molecule has 0 amide bonds. The summed E-state index contributed by atoms with van der Waals surface area (Å²) in [5.74, 6) is 5.22.